The Morgan fingerprint density at radius 3 is 2.12 bits per heavy atom. The van der Waals surface area contributed by atoms with Crippen LogP contribution in [0, 0.1) is 5.41 Å². The molecule has 0 bridgehead atoms. The predicted octanol–water partition coefficient (Wildman–Crippen LogP) is 3.41. The number of phenolic OH excluding ortho intramolecular Hbond substituents is 1. The van der Waals surface area contributed by atoms with Gasteiger partial charge in [-0.15, -0.1) is 0 Å². The second-order valence-corrected chi connectivity index (χ2v) is 9.04. The highest BCUT2D eigenvalue weighted by molar-refractivity contribution is 5.98. The van der Waals surface area contributed by atoms with E-state index < -0.39 is 17.0 Å². The molecule has 0 aliphatic heterocycles. The summed E-state index contributed by atoms with van der Waals surface area (Å²) in [6.07, 6.45) is 0. The number of benzene rings is 2. The number of aromatic hydroxyl groups is 1. The van der Waals surface area contributed by atoms with Crippen LogP contribution in [0.25, 0.3) is 0 Å². The number of phenols is 1. The monoisotopic (exact) mass is 451 g/mol. The summed E-state index contributed by atoms with van der Waals surface area (Å²) in [7, 11) is 3.14. The molecule has 5 N–H and O–H groups in total. The number of anilines is 3. The smallest absolute Gasteiger partial charge is 0.288 e. The molecule has 9 nitrogen and oxygen atoms in total. The molecule has 3 aromatic rings. The molecule has 174 valence electrons. The minimum Gasteiger partial charge on any atom is -0.505 e. The summed E-state index contributed by atoms with van der Waals surface area (Å²) in [6.45, 7) is 6.07. The van der Waals surface area contributed by atoms with Crippen molar-refractivity contribution in [2.24, 2.45) is 5.41 Å². The number of aromatic nitrogens is 2. The first kappa shape index (κ1) is 23.6. The summed E-state index contributed by atoms with van der Waals surface area (Å²) in [6, 6.07) is 13.9. The molecule has 0 saturated heterocycles. The van der Waals surface area contributed by atoms with Crippen LogP contribution in [0.4, 0.5) is 17.1 Å². The van der Waals surface area contributed by atoms with Crippen LogP contribution in [0.2, 0.25) is 0 Å². The summed E-state index contributed by atoms with van der Waals surface area (Å²) >= 11 is 0. The van der Waals surface area contributed by atoms with E-state index in [0.29, 0.717) is 0 Å². The van der Waals surface area contributed by atoms with E-state index in [-0.39, 0.29) is 39.8 Å². The Bertz CT molecular complexity index is 1260. The number of hydrogen-bond acceptors (Lipinski definition) is 6. The molecule has 3 rings (SSSR count). The highest BCUT2D eigenvalue weighted by Crippen LogP contribution is 2.37. The van der Waals surface area contributed by atoms with Gasteiger partial charge in [0.1, 0.15) is 11.4 Å². The number of nitrogens with one attached hydrogen (secondary N) is 4. The fraction of sp³-hybridized carbons (Fsp3) is 0.292. The van der Waals surface area contributed by atoms with Gasteiger partial charge in [-0.2, -0.15) is 0 Å². The standard InChI is InChI=1S/C24H29N5O4/c1-24(2,3)20(14-10-7-6-8-11-14)26-18-17(21(31)27-28-22(18)32)25-16-13-9-12-15(19(16)30)23(33)29(4)5/h6-13,20,30H,1-5H3,(H2,25,28,32)(H2,26,27,31)/t20-/m0/s1. The van der Waals surface area contributed by atoms with Crippen molar-refractivity contribution >= 4 is 23.0 Å². The number of amides is 1. The van der Waals surface area contributed by atoms with Gasteiger partial charge in [-0.05, 0) is 23.1 Å². The molecule has 0 aliphatic carbocycles. The number of hydrogen-bond donors (Lipinski definition) is 5. The molecule has 0 fully saturated rings. The number of rotatable bonds is 6. The minimum absolute atomic E-state index is 0.0197. The van der Waals surface area contributed by atoms with E-state index in [9.17, 15) is 19.5 Å². The van der Waals surface area contributed by atoms with Crippen molar-refractivity contribution in [1.82, 2.24) is 15.1 Å². The Balaban J connectivity index is 2.09. The van der Waals surface area contributed by atoms with Gasteiger partial charge >= 0.3 is 0 Å². The van der Waals surface area contributed by atoms with Crippen LogP contribution in [0.3, 0.4) is 0 Å². The number of nitrogens with zero attached hydrogens (tertiary/aromatic N) is 1. The van der Waals surface area contributed by atoms with Gasteiger partial charge in [0.05, 0.1) is 17.3 Å². The minimum atomic E-state index is -0.596. The van der Waals surface area contributed by atoms with E-state index in [1.807, 2.05) is 51.1 Å². The van der Waals surface area contributed by atoms with Crippen molar-refractivity contribution in [3.05, 3.63) is 80.4 Å². The molecule has 0 saturated carbocycles. The maximum atomic E-state index is 12.8. The van der Waals surface area contributed by atoms with E-state index in [0.717, 1.165) is 5.56 Å². The molecule has 0 unspecified atom stereocenters. The van der Waals surface area contributed by atoms with E-state index in [1.54, 1.807) is 20.2 Å². The van der Waals surface area contributed by atoms with Gasteiger partial charge in [0, 0.05) is 14.1 Å². The second kappa shape index (κ2) is 9.23. The van der Waals surface area contributed by atoms with Gasteiger partial charge in [-0.1, -0.05) is 57.2 Å². The number of para-hydroxylation sites is 1. The molecule has 1 amide bonds. The molecule has 1 atom stereocenters. The summed E-state index contributed by atoms with van der Waals surface area (Å²) < 4.78 is 0. The topological polar surface area (TPSA) is 130 Å². The van der Waals surface area contributed by atoms with Crippen LogP contribution in [0.15, 0.2) is 58.1 Å². The molecule has 0 aliphatic rings. The quantitative estimate of drug-likeness (QED) is 0.365. The van der Waals surface area contributed by atoms with Gasteiger partial charge in [0.25, 0.3) is 17.0 Å². The number of H-pyrrole nitrogens is 2. The van der Waals surface area contributed by atoms with E-state index in [1.165, 1.54) is 17.0 Å². The highest BCUT2D eigenvalue weighted by Gasteiger charge is 2.29. The lowest BCUT2D eigenvalue weighted by Gasteiger charge is -2.33. The maximum absolute atomic E-state index is 12.8. The van der Waals surface area contributed by atoms with E-state index >= 15 is 0 Å². The van der Waals surface area contributed by atoms with Crippen LogP contribution in [-0.4, -0.2) is 40.2 Å². The molecule has 9 heteroatoms. The second-order valence-electron chi connectivity index (χ2n) is 9.04. The lowest BCUT2D eigenvalue weighted by molar-refractivity contribution is 0.0824. The third-order valence-electron chi connectivity index (χ3n) is 5.21. The number of aromatic amines is 2. The zero-order valence-electron chi connectivity index (χ0n) is 19.3. The van der Waals surface area contributed by atoms with Gasteiger partial charge in [0.2, 0.25) is 0 Å². The van der Waals surface area contributed by atoms with Gasteiger partial charge in [0.15, 0.2) is 5.75 Å². The van der Waals surface area contributed by atoms with Crippen LogP contribution in [0.5, 0.6) is 5.75 Å². The van der Waals surface area contributed by atoms with Crippen molar-refractivity contribution < 1.29 is 9.90 Å². The molecule has 0 spiro atoms. The van der Waals surface area contributed by atoms with Crippen LogP contribution >= 0.6 is 0 Å². The number of carbonyl (C=O) groups is 1. The summed E-state index contributed by atoms with van der Waals surface area (Å²) in [5.74, 6) is -0.719. The third kappa shape index (κ3) is 5.08. The SMILES string of the molecule is CN(C)C(=O)c1cccc(Nc2c(N[C@@H](c3ccccc3)C(C)(C)C)c(=O)[nH][nH]c2=O)c1O. The summed E-state index contributed by atoms with van der Waals surface area (Å²) in [4.78, 5) is 39.2. The first-order chi connectivity index (χ1) is 15.5. The van der Waals surface area contributed by atoms with E-state index in [2.05, 4.69) is 20.8 Å². The molecule has 2 aromatic carbocycles. The van der Waals surface area contributed by atoms with Gasteiger partial charge in [-0.25, -0.2) is 0 Å². The molecule has 0 radical (unpaired) electrons. The van der Waals surface area contributed by atoms with Crippen molar-refractivity contribution in [3.63, 3.8) is 0 Å². The fourth-order valence-electron chi connectivity index (χ4n) is 3.50. The highest BCUT2D eigenvalue weighted by atomic mass is 16.3. The number of carbonyl (C=O) groups excluding carboxylic acids is 1. The lowest BCUT2D eigenvalue weighted by Crippen LogP contribution is -2.32. The first-order valence-electron chi connectivity index (χ1n) is 10.5. The first-order valence-corrected chi connectivity index (χ1v) is 10.5. The third-order valence-corrected chi connectivity index (χ3v) is 5.21. The zero-order valence-corrected chi connectivity index (χ0v) is 19.3. The Hall–Kier alpha value is -4.01. The molecule has 1 aromatic heterocycles. The van der Waals surface area contributed by atoms with Crippen LogP contribution < -0.4 is 21.8 Å². The van der Waals surface area contributed by atoms with E-state index in [4.69, 9.17) is 0 Å². The molecule has 1 heterocycles. The van der Waals surface area contributed by atoms with Crippen molar-refractivity contribution in [3.8, 4) is 5.75 Å². The molecular weight excluding hydrogens is 422 g/mol. The largest absolute Gasteiger partial charge is 0.505 e. The lowest BCUT2D eigenvalue weighted by atomic mass is 9.82. The summed E-state index contributed by atoms with van der Waals surface area (Å²) in [5.41, 5.74) is -0.374. The van der Waals surface area contributed by atoms with Crippen LogP contribution in [0.1, 0.15) is 42.7 Å². The predicted molar refractivity (Wildman–Crippen MR) is 129 cm³/mol. The average Bonchev–Trinajstić information content (AvgIpc) is 2.76. The Morgan fingerprint density at radius 1 is 0.939 bits per heavy atom. The maximum Gasteiger partial charge on any atom is 0.288 e. The normalized spacial score (nSPS) is 12.2. The van der Waals surface area contributed by atoms with Crippen LogP contribution in [-0.2, 0) is 0 Å². The Labute approximate surface area is 191 Å². The molecular formula is C24H29N5O4. The van der Waals surface area contributed by atoms with Gasteiger partial charge < -0.3 is 20.6 Å². The van der Waals surface area contributed by atoms with Crippen molar-refractivity contribution in [2.45, 2.75) is 26.8 Å². The average molecular weight is 452 g/mol. The summed E-state index contributed by atoms with van der Waals surface area (Å²) in [5, 5.41) is 21.4. The Kier molecular flexibility index (Phi) is 6.62. The molecule has 33 heavy (non-hydrogen) atoms. The fourth-order valence-corrected chi connectivity index (χ4v) is 3.50. The van der Waals surface area contributed by atoms with Crippen molar-refractivity contribution in [2.75, 3.05) is 24.7 Å². The Morgan fingerprint density at radius 2 is 1.55 bits per heavy atom. The van der Waals surface area contributed by atoms with Crippen molar-refractivity contribution in [1.29, 1.82) is 0 Å². The zero-order chi connectivity index (χ0) is 24.3. The van der Waals surface area contributed by atoms with Gasteiger partial charge in [-0.3, -0.25) is 24.6 Å².